The maximum atomic E-state index is 11.2. The number of ether oxygens (including phenoxy) is 1. The molecule has 2 heterocycles. The van der Waals surface area contributed by atoms with Crippen molar-refractivity contribution >= 4 is 5.97 Å². The molecule has 1 aromatic rings. The Labute approximate surface area is 83.1 Å². The maximum Gasteiger partial charge on any atom is 0.309 e. The first-order valence-electron chi connectivity index (χ1n) is 4.84. The quantitative estimate of drug-likeness (QED) is 0.665. The Bertz CT molecular complexity index is 349. The molecule has 1 aromatic heterocycles. The van der Waals surface area contributed by atoms with Crippen LogP contribution in [0.5, 0.6) is 0 Å². The van der Waals surface area contributed by atoms with Crippen molar-refractivity contribution < 1.29 is 9.53 Å². The van der Waals surface area contributed by atoms with Crippen molar-refractivity contribution in [3.63, 3.8) is 0 Å². The summed E-state index contributed by atoms with van der Waals surface area (Å²) in [6.45, 7) is 2.53. The van der Waals surface area contributed by atoms with Crippen molar-refractivity contribution in [2.75, 3.05) is 6.61 Å². The van der Waals surface area contributed by atoms with Crippen LogP contribution in [0, 0.1) is 12.8 Å². The molecule has 74 valence electrons. The van der Waals surface area contributed by atoms with Crippen LogP contribution in [0.15, 0.2) is 18.3 Å². The SMILES string of the molecule is Cc1cc(CC2CCOC2=O)ccn1. The standard InChI is InChI=1S/C11H13NO2/c1-8-6-9(2-4-12-8)7-10-3-5-14-11(10)13/h2,4,6,10H,3,5,7H2,1H3. The average molecular weight is 191 g/mol. The average Bonchev–Trinajstić information content (AvgIpc) is 2.52. The number of carbonyl (C=O) groups is 1. The first-order chi connectivity index (χ1) is 6.75. The molecule has 1 unspecified atom stereocenters. The molecule has 1 aliphatic rings. The van der Waals surface area contributed by atoms with Crippen LogP contribution in [-0.2, 0) is 16.0 Å². The van der Waals surface area contributed by atoms with E-state index in [-0.39, 0.29) is 11.9 Å². The van der Waals surface area contributed by atoms with Crippen molar-refractivity contribution in [2.24, 2.45) is 5.92 Å². The van der Waals surface area contributed by atoms with Gasteiger partial charge >= 0.3 is 5.97 Å². The summed E-state index contributed by atoms with van der Waals surface area (Å²) in [7, 11) is 0. The fraction of sp³-hybridized carbons (Fsp3) is 0.455. The Kier molecular flexibility index (Phi) is 2.48. The Morgan fingerprint density at radius 2 is 2.50 bits per heavy atom. The molecule has 0 bridgehead atoms. The van der Waals surface area contributed by atoms with Gasteiger partial charge in [-0.3, -0.25) is 9.78 Å². The monoisotopic (exact) mass is 191 g/mol. The van der Waals surface area contributed by atoms with Crippen LogP contribution in [0.4, 0.5) is 0 Å². The summed E-state index contributed by atoms with van der Waals surface area (Å²) in [4.78, 5) is 15.3. The minimum Gasteiger partial charge on any atom is -0.465 e. The number of hydrogen-bond acceptors (Lipinski definition) is 3. The summed E-state index contributed by atoms with van der Waals surface area (Å²) >= 11 is 0. The minimum atomic E-state index is -0.0561. The number of carbonyl (C=O) groups excluding carboxylic acids is 1. The van der Waals surface area contributed by atoms with E-state index >= 15 is 0 Å². The zero-order chi connectivity index (χ0) is 9.97. The second-order valence-electron chi connectivity index (χ2n) is 3.66. The summed E-state index contributed by atoms with van der Waals surface area (Å²) in [5.74, 6) is -0.00346. The molecule has 0 amide bonds. The molecule has 3 heteroatoms. The lowest BCUT2D eigenvalue weighted by Gasteiger charge is -2.05. The van der Waals surface area contributed by atoms with Gasteiger partial charge in [-0.05, 0) is 37.5 Å². The largest absolute Gasteiger partial charge is 0.465 e. The molecular formula is C11H13NO2. The third-order valence-corrected chi connectivity index (χ3v) is 2.49. The highest BCUT2D eigenvalue weighted by Crippen LogP contribution is 2.19. The third-order valence-electron chi connectivity index (χ3n) is 2.49. The number of hydrogen-bond donors (Lipinski definition) is 0. The topological polar surface area (TPSA) is 39.2 Å². The number of nitrogens with zero attached hydrogens (tertiary/aromatic N) is 1. The highest BCUT2D eigenvalue weighted by atomic mass is 16.5. The lowest BCUT2D eigenvalue weighted by Crippen LogP contribution is -2.10. The molecule has 0 aromatic carbocycles. The van der Waals surface area contributed by atoms with Crippen LogP contribution in [0.3, 0.4) is 0 Å². The second-order valence-corrected chi connectivity index (χ2v) is 3.66. The summed E-state index contributed by atoms with van der Waals surface area (Å²) < 4.78 is 4.91. The molecule has 0 N–H and O–H groups in total. The van der Waals surface area contributed by atoms with E-state index in [4.69, 9.17) is 4.74 Å². The zero-order valence-corrected chi connectivity index (χ0v) is 8.19. The van der Waals surface area contributed by atoms with Crippen LogP contribution in [0.25, 0.3) is 0 Å². The van der Waals surface area contributed by atoms with Gasteiger partial charge in [-0.2, -0.15) is 0 Å². The predicted molar refractivity (Wildman–Crippen MR) is 51.7 cm³/mol. The van der Waals surface area contributed by atoms with E-state index in [0.29, 0.717) is 6.61 Å². The highest BCUT2D eigenvalue weighted by molar-refractivity contribution is 5.74. The van der Waals surface area contributed by atoms with Gasteiger partial charge in [0.05, 0.1) is 12.5 Å². The lowest BCUT2D eigenvalue weighted by molar-refractivity contribution is -0.141. The van der Waals surface area contributed by atoms with Crippen molar-refractivity contribution in [1.29, 1.82) is 0 Å². The van der Waals surface area contributed by atoms with Gasteiger partial charge in [0.15, 0.2) is 0 Å². The van der Waals surface area contributed by atoms with E-state index in [1.54, 1.807) is 6.20 Å². The molecule has 0 spiro atoms. The minimum absolute atomic E-state index is 0.0526. The smallest absolute Gasteiger partial charge is 0.309 e. The molecular weight excluding hydrogens is 178 g/mol. The number of rotatable bonds is 2. The van der Waals surface area contributed by atoms with Gasteiger partial charge < -0.3 is 4.74 Å². The van der Waals surface area contributed by atoms with Gasteiger partial charge in [-0.25, -0.2) is 0 Å². The van der Waals surface area contributed by atoms with Crippen molar-refractivity contribution in [3.8, 4) is 0 Å². The number of aromatic nitrogens is 1. The Hall–Kier alpha value is -1.38. The van der Waals surface area contributed by atoms with Crippen LogP contribution >= 0.6 is 0 Å². The molecule has 14 heavy (non-hydrogen) atoms. The zero-order valence-electron chi connectivity index (χ0n) is 8.19. The summed E-state index contributed by atoms with van der Waals surface area (Å²) in [5.41, 5.74) is 2.16. The van der Waals surface area contributed by atoms with E-state index < -0.39 is 0 Å². The van der Waals surface area contributed by atoms with E-state index in [2.05, 4.69) is 4.98 Å². The normalized spacial score (nSPS) is 20.9. The van der Waals surface area contributed by atoms with Crippen molar-refractivity contribution in [2.45, 2.75) is 19.8 Å². The van der Waals surface area contributed by atoms with Gasteiger partial charge in [0.25, 0.3) is 0 Å². The molecule has 1 aliphatic heterocycles. The first-order valence-corrected chi connectivity index (χ1v) is 4.84. The Morgan fingerprint density at radius 1 is 1.64 bits per heavy atom. The lowest BCUT2D eigenvalue weighted by atomic mass is 9.98. The van der Waals surface area contributed by atoms with E-state index in [1.807, 2.05) is 19.1 Å². The molecule has 0 radical (unpaired) electrons. The van der Waals surface area contributed by atoms with Crippen molar-refractivity contribution in [1.82, 2.24) is 4.98 Å². The fourth-order valence-corrected chi connectivity index (χ4v) is 1.74. The van der Waals surface area contributed by atoms with Gasteiger partial charge in [-0.15, -0.1) is 0 Å². The highest BCUT2D eigenvalue weighted by Gasteiger charge is 2.26. The van der Waals surface area contributed by atoms with Crippen LogP contribution in [0.1, 0.15) is 17.7 Å². The Morgan fingerprint density at radius 3 is 3.14 bits per heavy atom. The fourth-order valence-electron chi connectivity index (χ4n) is 1.74. The number of pyridine rings is 1. The van der Waals surface area contributed by atoms with Crippen molar-refractivity contribution in [3.05, 3.63) is 29.6 Å². The van der Waals surface area contributed by atoms with Gasteiger partial charge in [0, 0.05) is 11.9 Å². The molecule has 0 saturated carbocycles. The third kappa shape index (κ3) is 1.92. The summed E-state index contributed by atoms with van der Waals surface area (Å²) in [6, 6.07) is 3.98. The molecule has 1 saturated heterocycles. The maximum absolute atomic E-state index is 11.2. The molecule has 1 atom stereocenters. The predicted octanol–water partition coefficient (Wildman–Crippen LogP) is 1.50. The summed E-state index contributed by atoms with van der Waals surface area (Å²) in [5, 5.41) is 0. The van der Waals surface area contributed by atoms with Crippen LogP contribution in [0.2, 0.25) is 0 Å². The molecule has 2 rings (SSSR count). The number of esters is 1. The summed E-state index contributed by atoms with van der Waals surface area (Å²) in [6.07, 6.45) is 3.41. The molecule has 1 fully saturated rings. The second kappa shape index (κ2) is 3.78. The van der Waals surface area contributed by atoms with E-state index in [0.717, 1.165) is 18.5 Å². The Balaban J connectivity index is 2.07. The molecule has 3 nitrogen and oxygen atoms in total. The van der Waals surface area contributed by atoms with Gasteiger partial charge in [0.1, 0.15) is 0 Å². The van der Waals surface area contributed by atoms with E-state index in [1.165, 1.54) is 5.56 Å². The number of aryl methyl sites for hydroxylation is 1. The first kappa shape index (κ1) is 9.19. The van der Waals surface area contributed by atoms with E-state index in [9.17, 15) is 4.79 Å². The molecule has 0 aliphatic carbocycles. The van der Waals surface area contributed by atoms with Gasteiger partial charge in [0.2, 0.25) is 0 Å². The van der Waals surface area contributed by atoms with Crippen LogP contribution in [-0.4, -0.2) is 17.6 Å². The van der Waals surface area contributed by atoms with Crippen LogP contribution < -0.4 is 0 Å². The number of cyclic esters (lactones) is 1. The van der Waals surface area contributed by atoms with Gasteiger partial charge in [-0.1, -0.05) is 0 Å².